The Kier molecular flexibility index (Phi) is 55.7. The van der Waals surface area contributed by atoms with E-state index in [1.54, 1.807) is 0 Å². The van der Waals surface area contributed by atoms with Gasteiger partial charge in [-0.15, -0.1) is 0 Å². The number of unbranched alkanes of at least 4 members (excludes halogenated alkanes) is 2. The maximum Gasteiger partial charge on any atom is 0.373 e. The predicted molar refractivity (Wildman–Crippen MR) is 451 cm³/mol. The monoisotopic (exact) mass is 1640 g/mol. The topological polar surface area (TPSA) is 291 Å². The van der Waals surface area contributed by atoms with Crippen LogP contribution in [-0.4, -0.2) is 146 Å². The lowest BCUT2D eigenvalue weighted by Crippen LogP contribution is -2.37. The van der Waals surface area contributed by atoms with Crippen LogP contribution >= 0.6 is 0 Å². The van der Waals surface area contributed by atoms with Crippen LogP contribution in [0.4, 0.5) is 0 Å². The molecule has 9 aliphatic rings. The Morgan fingerprint density at radius 3 is 1.13 bits per heavy atom. The van der Waals surface area contributed by atoms with Gasteiger partial charge in [0.25, 0.3) is 0 Å². The molecule has 0 amide bonds. The Morgan fingerprint density at radius 1 is 0.407 bits per heavy atom. The molecule has 9 rings (SSSR count). The molecule has 9 unspecified atom stereocenters. The van der Waals surface area contributed by atoms with Crippen LogP contribution in [0.5, 0.6) is 0 Å². The molecule has 0 saturated carbocycles. The first-order chi connectivity index (χ1) is 56.9. The molecule has 0 aliphatic carbocycles. The maximum atomic E-state index is 13.0. The summed E-state index contributed by atoms with van der Waals surface area (Å²) in [5.41, 5.74) is 6.57. The van der Waals surface area contributed by atoms with Crippen LogP contribution in [0, 0.1) is 29.6 Å². The van der Waals surface area contributed by atoms with E-state index in [2.05, 4.69) is 150 Å². The van der Waals surface area contributed by atoms with Gasteiger partial charge < -0.3 is 47.7 Å². The number of hydrogen-bond acceptors (Lipinski definition) is 21. The number of hydrogen-bond donors (Lipinski definition) is 1. The van der Waals surface area contributed by atoms with Crippen molar-refractivity contribution < 1.29 is 100 Å². The summed E-state index contributed by atoms with van der Waals surface area (Å²) in [6.45, 7) is 28.0. The van der Waals surface area contributed by atoms with Crippen LogP contribution in [0.15, 0.2) is 168 Å². The highest BCUT2D eigenvalue weighted by Crippen LogP contribution is 2.38. The SMILES string of the molecule is C/C=C1\CC2CC(=O)OC(/C=C/C=C\C=C(/C)CC)[C@@H](C)/C=C/CC[C@H]3CCCC(C[C@@H](C1)O2)O3.C/C=C1\CC2CC(=O)OC(/C=C/C=C\CCCCO)[C@@H](C)/C=C/[C@H](C)C[C@H]3CCCC(C[C@@H](C1)O2)O3.C=C1CC2CC(=O)OC(/C=C/C=C\C=C(/C)CC)[C@@H](C)/C=C/[C@H](C)C[C@H]3CCCC(C[C@@H](C1)O2)O3.O=C=O.O=C=O.O=C=O.O=C=O. The molecule has 118 heavy (non-hydrogen) atoms. The van der Waals surface area contributed by atoms with Crippen molar-refractivity contribution in [1.82, 2.24) is 0 Å². The summed E-state index contributed by atoms with van der Waals surface area (Å²) in [6.07, 6.45) is 75.4. The lowest BCUT2D eigenvalue weighted by atomic mass is 9.90. The number of carbonyl (C=O) groups excluding carboxylic acids is 11. The molecule has 21 heteroatoms. The van der Waals surface area contributed by atoms with E-state index in [0.717, 1.165) is 160 Å². The van der Waals surface area contributed by atoms with Gasteiger partial charge in [0, 0.05) is 43.6 Å². The van der Waals surface area contributed by atoms with Gasteiger partial charge in [0.2, 0.25) is 0 Å². The second kappa shape index (κ2) is 63.1. The number of fused-ring (bicyclic) bond motifs is 12. The number of esters is 3. The maximum absolute atomic E-state index is 13.0. The third kappa shape index (κ3) is 46.0. The zero-order valence-corrected chi connectivity index (χ0v) is 72.5. The normalized spacial score (nSPS) is 33.1. The smallest absolute Gasteiger partial charge is 0.373 e. The number of ether oxygens (including phenoxy) is 9. The van der Waals surface area contributed by atoms with Gasteiger partial charge >= 0.3 is 42.5 Å². The molecule has 0 aromatic heterocycles. The number of allylic oxidation sites excluding steroid dienone is 18. The van der Waals surface area contributed by atoms with Gasteiger partial charge in [-0.05, 0) is 212 Å². The Morgan fingerprint density at radius 2 is 0.737 bits per heavy atom. The Bertz CT molecular complexity index is 3430. The highest BCUT2D eigenvalue weighted by molar-refractivity contribution is 5.71. The summed E-state index contributed by atoms with van der Waals surface area (Å²) < 4.78 is 56.7. The van der Waals surface area contributed by atoms with Gasteiger partial charge in [-0.3, -0.25) is 14.4 Å². The highest BCUT2D eigenvalue weighted by atomic mass is 16.6. The van der Waals surface area contributed by atoms with Crippen molar-refractivity contribution in [3.63, 3.8) is 0 Å². The summed E-state index contributed by atoms with van der Waals surface area (Å²) in [5.74, 6) is 0.442. The number of rotatable bonds is 14. The standard InChI is InChI=1S/C31H48O5.2C31H46O4.4CO2/c1-4-25-19-28-21-27-13-11-12-26(34-27)18-23(2)15-16-24(3)30(14-9-7-5-6-8-10-17-32)36-31(33)22-29(20-25)35-28;1-6-22(2)11-8-7-9-14-30-25(5)16-15-23(3)17-26-12-10-13-27(33-26)20-28-18-24(4)19-29(34-28)21-31(32)35-30;1-5-23(3)13-8-7-9-18-30-24(4)14-10-11-15-26-16-12-17-27(33-26)21-28-19-25(6-2)20-29(34-28)22-31(32)35-30;4*2-1-3/h4-5,7,9,14-16,23-24,26-30,32H,6,8,10-13,17-22H2,1-3H3;7-9,11,14-16,23,25-30H,4,6,10,12-13,17-21H2,1-3,5H3;6-10,13-14,18,24,26-30H,5,11-12,15-17,19-22H2,1-4H3;;;;/b7-5-,14-9+,16-15+,25-4-;8-7-,14-9+,16-15+,22-11+;8-7-,14-10+,18-9+,23-13+,25-6-;;;;/t23-,24-,26+,27?,28+,29?,30?;23-,25-,26+,27?,28+,29?,30?;24-,26-,27?,28+,29?,30?;;;;/m000..../s1. The third-order valence-electron chi connectivity index (χ3n) is 22.5. The van der Waals surface area contributed by atoms with E-state index in [9.17, 15) is 14.4 Å². The summed E-state index contributed by atoms with van der Waals surface area (Å²) in [6, 6.07) is 0. The minimum Gasteiger partial charge on any atom is -0.457 e. The molecular formula is C97H140O21. The second-order valence-electron chi connectivity index (χ2n) is 32.5. The first-order valence-corrected chi connectivity index (χ1v) is 43.3. The Hall–Kier alpha value is -7.99. The van der Waals surface area contributed by atoms with Gasteiger partial charge in [0.1, 0.15) is 18.3 Å². The molecular weight excluding hydrogens is 1500 g/mol. The van der Waals surface area contributed by atoms with Crippen LogP contribution in [0.3, 0.4) is 0 Å². The van der Waals surface area contributed by atoms with E-state index in [0.29, 0.717) is 30.1 Å². The van der Waals surface area contributed by atoms with E-state index in [1.807, 2.05) is 66.8 Å². The minimum atomic E-state index is -0.327. The Balaban J connectivity index is 0.000000427. The quantitative estimate of drug-likeness (QED) is 0.0555. The van der Waals surface area contributed by atoms with Gasteiger partial charge in [-0.2, -0.15) is 38.4 Å². The van der Waals surface area contributed by atoms with Gasteiger partial charge in [0.05, 0.1) is 92.5 Å². The molecule has 21 nitrogen and oxygen atoms in total. The second-order valence-corrected chi connectivity index (χ2v) is 32.5. The average Bonchev–Trinajstić information content (AvgIpc) is 0.854. The molecule has 0 spiro atoms. The molecule has 20 atom stereocenters. The first kappa shape index (κ1) is 104. The fourth-order valence-corrected chi connectivity index (χ4v) is 16.0. The van der Waals surface area contributed by atoms with E-state index in [1.165, 1.54) is 41.6 Å². The van der Waals surface area contributed by atoms with Crippen molar-refractivity contribution in [3.8, 4) is 0 Å². The van der Waals surface area contributed by atoms with Gasteiger partial charge in [-0.25, -0.2) is 0 Å². The fraction of sp³-hybridized carbons (Fsp3) is 0.639. The van der Waals surface area contributed by atoms with Gasteiger partial charge in [-0.1, -0.05) is 198 Å². The molecule has 9 aliphatic heterocycles. The van der Waals surface area contributed by atoms with Gasteiger partial charge in [0.15, 0.2) is 0 Å². The number of carbonyl (C=O) groups is 3. The summed E-state index contributed by atoms with van der Waals surface area (Å²) in [5, 5.41) is 8.92. The van der Waals surface area contributed by atoms with Crippen LogP contribution < -0.4 is 0 Å². The van der Waals surface area contributed by atoms with Crippen LogP contribution in [0.25, 0.3) is 0 Å². The molecule has 1 N–H and O–H groups in total. The van der Waals surface area contributed by atoms with Crippen molar-refractivity contribution in [2.24, 2.45) is 29.6 Å². The van der Waals surface area contributed by atoms with E-state index >= 15 is 0 Å². The van der Waals surface area contributed by atoms with Crippen molar-refractivity contribution in [3.05, 3.63) is 168 Å². The number of cyclic esters (lactones) is 3. The number of aliphatic hydroxyl groups excluding tert-OH is 1. The van der Waals surface area contributed by atoms with E-state index in [-0.39, 0.29) is 159 Å². The van der Waals surface area contributed by atoms with Crippen molar-refractivity contribution in [2.75, 3.05) is 6.61 Å². The van der Waals surface area contributed by atoms with Crippen molar-refractivity contribution in [1.29, 1.82) is 0 Å². The largest absolute Gasteiger partial charge is 0.457 e. The van der Waals surface area contributed by atoms with Crippen LogP contribution in [0.2, 0.25) is 0 Å². The van der Waals surface area contributed by atoms with Crippen LogP contribution in [-0.2, 0) is 95.4 Å². The molecule has 0 radical (unpaired) electrons. The zero-order chi connectivity index (χ0) is 86.8. The molecule has 0 aromatic carbocycles. The molecule has 6 saturated heterocycles. The molecule has 9 heterocycles. The average molecular weight is 1640 g/mol. The molecule has 12 bridgehead atoms. The number of aliphatic hydroxyl groups is 1. The van der Waals surface area contributed by atoms with E-state index in [4.69, 9.17) is 86.1 Å². The minimum absolute atomic E-state index is 0.0643. The summed E-state index contributed by atoms with van der Waals surface area (Å²) in [4.78, 5) is 104. The van der Waals surface area contributed by atoms with E-state index < -0.39 is 0 Å². The summed E-state index contributed by atoms with van der Waals surface area (Å²) >= 11 is 0. The zero-order valence-electron chi connectivity index (χ0n) is 72.5. The molecule has 654 valence electrons. The first-order valence-electron chi connectivity index (χ1n) is 43.3. The van der Waals surface area contributed by atoms with Crippen LogP contribution in [0.1, 0.15) is 269 Å². The predicted octanol–water partition coefficient (Wildman–Crippen LogP) is 19.3. The summed E-state index contributed by atoms with van der Waals surface area (Å²) in [7, 11) is 0. The molecule has 0 aromatic rings. The third-order valence-corrected chi connectivity index (χ3v) is 22.5. The highest BCUT2D eigenvalue weighted by Gasteiger charge is 2.37. The lowest BCUT2D eigenvalue weighted by molar-refractivity contribution is -0.193. The Labute approximate surface area is 704 Å². The fourth-order valence-electron chi connectivity index (χ4n) is 16.0. The van der Waals surface area contributed by atoms with Crippen molar-refractivity contribution >= 4 is 42.5 Å². The van der Waals surface area contributed by atoms with Crippen molar-refractivity contribution in [2.45, 2.75) is 360 Å². The lowest BCUT2D eigenvalue weighted by Gasteiger charge is -2.37. The molecule has 6 fully saturated rings.